The highest BCUT2D eigenvalue weighted by molar-refractivity contribution is 5.90. The van der Waals surface area contributed by atoms with Crippen molar-refractivity contribution in [3.8, 4) is 90.4 Å². The zero-order chi connectivity index (χ0) is 41.0. The molecule has 0 bridgehead atoms. The van der Waals surface area contributed by atoms with Crippen LogP contribution in [-0.2, 0) is 5.41 Å². The topological polar surface area (TPSA) is 86.6 Å². The van der Waals surface area contributed by atoms with Gasteiger partial charge in [0.1, 0.15) is 11.5 Å². The molecule has 62 heavy (non-hydrogen) atoms. The van der Waals surface area contributed by atoms with Crippen LogP contribution < -0.4 is 4.74 Å². The van der Waals surface area contributed by atoms with Crippen LogP contribution in [0.25, 0.3) is 78.9 Å². The minimum atomic E-state index is -0.745. The smallest absolute Gasteiger partial charge is 0.164 e. The third-order valence-corrected chi connectivity index (χ3v) is 12.0. The van der Waals surface area contributed by atoms with E-state index in [1.54, 1.807) is 12.4 Å². The number of hydrogen-bond acceptors (Lipinski definition) is 7. The molecule has 0 N–H and O–H groups in total. The molecule has 7 heteroatoms. The van der Waals surface area contributed by atoms with Gasteiger partial charge in [0.05, 0.1) is 16.8 Å². The van der Waals surface area contributed by atoms with E-state index in [4.69, 9.17) is 24.7 Å². The van der Waals surface area contributed by atoms with Crippen LogP contribution in [0.1, 0.15) is 22.3 Å². The number of aromatic nitrogens is 6. The van der Waals surface area contributed by atoms with E-state index in [-0.39, 0.29) is 0 Å². The predicted molar refractivity (Wildman–Crippen MR) is 243 cm³/mol. The number of pyridine rings is 3. The van der Waals surface area contributed by atoms with Crippen LogP contribution in [0.3, 0.4) is 0 Å². The molecule has 0 saturated carbocycles. The van der Waals surface area contributed by atoms with E-state index in [0.717, 1.165) is 73.0 Å². The summed E-state index contributed by atoms with van der Waals surface area (Å²) in [4.78, 5) is 29.2. The van der Waals surface area contributed by atoms with Crippen molar-refractivity contribution < 1.29 is 4.74 Å². The number of ether oxygens (including phenoxy) is 1. The molecule has 1 aliphatic heterocycles. The van der Waals surface area contributed by atoms with Crippen LogP contribution in [-0.4, -0.2) is 29.9 Å². The summed E-state index contributed by atoms with van der Waals surface area (Å²) >= 11 is 0. The molecule has 0 radical (unpaired) electrons. The molecule has 0 amide bonds. The molecule has 12 rings (SSSR count). The van der Waals surface area contributed by atoms with E-state index in [0.29, 0.717) is 17.5 Å². The maximum Gasteiger partial charge on any atom is 0.164 e. The second kappa shape index (κ2) is 14.4. The Balaban J connectivity index is 1.10. The Morgan fingerprint density at radius 2 is 0.774 bits per heavy atom. The Kier molecular flexibility index (Phi) is 8.25. The van der Waals surface area contributed by atoms with Gasteiger partial charge in [-0.25, -0.2) is 19.9 Å². The van der Waals surface area contributed by atoms with Gasteiger partial charge in [0, 0.05) is 63.7 Å². The quantitative estimate of drug-likeness (QED) is 0.166. The van der Waals surface area contributed by atoms with Crippen LogP contribution in [0.2, 0.25) is 0 Å². The zero-order valence-corrected chi connectivity index (χ0v) is 33.2. The predicted octanol–water partition coefficient (Wildman–Crippen LogP) is 12.5. The largest absolute Gasteiger partial charge is 0.457 e. The first kappa shape index (κ1) is 35.5. The molecule has 0 fully saturated rings. The second-order valence-corrected chi connectivity index (χ2v) is 15.5. The molecular weight excluding hydrogens is 761 g/mol. The van der Waals surface area contributed by atoms with Crippen molar-refractivity contribution in [2.24, 2.45) is 0 Å². The van der Waals surface area contributed by atoms with Gasteiger partial charge in [0.2, 0.25) is 0 Å². The average Bonchev–Trinajstić information content (AvgIpc) is 3.65. The summed E-state index contributed by atoms with van der Waals surface area (Å²) in [6.45, 7) is 0. The lowest BCUT2D eigenvalue weighted by molar-refractivity contribution is 0.436. The van der Waals surface area contributed by atoms with Crippen LogP contribution in [0, 0.1) is 0 Å². The van der Waals surface area contributed by atoms with Crippen LogP contribution in [0.15, 0.2) is 207 Å². The van der Waals surface area contributed by atoms with Gasteiger partial charge in [-0.15, -0.1) is 0 Å². The Labute approximate surface area is 358 Å². The fraction of sp³-hybridized carbons (Fsp3) is 0.0182. The van der Waals surface area contributed by atoms with E-state index in [9.17, 15) is 0 Å². The average molecular weight is 795 g/mol. The molecule has 1 aliphatic carbocycles. The molecule has 4 aromatic heterocycles. The van der Waals surface area contributed by atoms with Crippen molar-refractivity contribution in [1.29, 1.82) is 0 Å². The Morgan fingerprint density at radius 3 is 1.29 bits per heavy atom. The van der Waals surface area contributed by atoms with Crippen molar-refractivity contribution in [3.63, 3.8) is 0 Å². The lowest BCUT2D eigenvalue weighted by Crippen LogP contribution is -2.32. The van der Waals surface area contributed by atoms with E-state index < -0.39 is 5.41 Å². The number of hydrogen-bond donors (Lipinski definition) is 0. The Morgan fingerprint density at radius 1 is 0.323 bits per heavy atom. The highest BCUT2D eigenvalue weighted by Gasteiger charge is 2.51. The molecular formula is C55H34N6O. The van der Waals surface area contributed by atoms with Crippen molar-refractivity contribution >= 4 is 0 Å². The van der Waals surface area contributed by atoms with E-state index in [1.165, 1.54) is 22.3 Å². The van der Waals surface area contributed by atoms with E-state index >= 15 is 0 Å². The van der Waals surface area contributed by atoms with Gasteiger partial charge in [0.15, 0.2) is 17.5 Å². The fourth-order valence-electron chi connectivity index (χ4n) is 9.18. The lowest BCUT2D eigenvalue weighted by atomic mass is 9.65. The molecule has 5 heterocycles. The molecule has 7 nitrogen and oxygen atoms in total. The van der Waals surface area contributed by atoms with Gasteiger partial charge in [0.25, 0.3) is 0 Å². The normalized spacial score (nSPS) is 12.8. The third kappa shape index (κ3) is 5.74. The van der Waals surface area contributed by atoms with Gasteiger partial charge in [-0.05, 0) is 100 Å². The first-order chi connectivity index (χ1) is 30.7. The maximum absolute atomic E-state index is 6.97. The summed E-state index contributed by atoms with van der Waals surface area (Å²) < 4.78 is 6.97. The van der Waals surface area contributed by atoms with Crippen LogP contribution in [0.4, 0.5) is 0 Å². The number of benzene rings is 6. The summed E-state index contributed by atoms with van der Waals surface area (Å²) in [6, 6.07) is 62.9. The molecule has 1 spiro atoms. The van der Waals surface area contributed by atoms with Gasteiger partial charge in [-0.1, -0.05) is 115 Å². The second-order valence-electron chi connectivity index (χ2n) is 15.5. The SMILES string of the molecule is c1ccc(-c2nc(-c3ccccc3)nc(-c3ccc4c(c3)C3(c5cc(-c6cc(-c7cccnc7)nc(-c7cccnc7)c6)ccc5O4)c4ccccc4-c4ccccc43)n2)cc1. The number of nitrogens with zero attached hydrogens (tertiary/aromatic N) is 6. The molecule has 6 aromatic carbocycles. The Bertz CT molecular complexity index is 2980. The van der Waals surface area contributed by atoms with Crippen molar-refractivity contribution in [3.05, 3.63) is 229 Å². The first-order valence-electron chi connectivity index (χ1n) is 20.6. The van der Waals surface area contributed by atoms with Crippen molar-refractivity contribution in [2.45, 2.75) is 5.41 Å². The summed E-state index contributed by atoms with van der Waals surface area (Å²) in [7, 11) is 0. The van der Waals surface area contributed by atoms with Crippen LogP contribution in [0.5, 0.6) is 11.5 Å². The summed E-state index contributed by atoms with van der Waals surface area (Å²) in [5.41, 5.74) is 14.3. The zero-order valence-electron chi connectivity index (χ0n) is 33.2. The van der Waals surface area contributed by atoms with E-state index in [2.05, 4.69) is 107 Å². The minimum Gasteiger partial charge on any atom is -0.457 e. The van der Waals surface area contributed by atoms with Gasteiger partial charge >= 0.3 is 0 Å². The summed E-state index contributed by atoms with van der Waals surface area (Å²) in [5.74, 6) is 3.38. The molecule has 0 atom stereocenters. The summed E-state index contributed by atoms with van der Waals surface area (Å²) in [5, 5.41) is 0. The van der Waals surface area contributed by atoms with E-state index in [1.807, 2.05) is 97.3 Å². The summed E-state index contributed by atoms with van der Waals surface area (Å²) in [6.07, 6.45) is 7.27. The first-order valence-corrected chi connectivity index (χ1v) is 20.6. The standard InChI is InChI=1S/C55H34N6O/c1-3-13-35(14-4-1)52-59-53(36-15-5-2-6-16-36)61-54(60-52)38-24-26-51-47(30-38)55(44-21-9-7-19-42(44)43-20-8-10-22-45(43)55)46-29-37(23-25-50(46)62-51)41-31-48(39-17-11-27-56-33-39)58-49(32-41)40-18-12-28-57-34-40/h1-34H. The molecule has 0 saturated heterocycles. The molecule has 2 aliphatic rings. The number of rotatable bonds is 6. The maximum atomic E-state index is 6.97. The minimum absolute atomic E-state index is 0.581. The van der Waals surface area contributed by atoms with Gasteiger partial charge in [-0.2, -0.15) is 0 Å². The van der Waals surface area contributed by atoms with Gasteiger partial charge in [-0.3, -0.25) is 9.97 Å². The molecule has 10 aromatic rings. The lowest BCUT2D eigenvalue weighted by Gasteiger charge is -2.40. The molecule has 290 valence electrons. The van der Waals surface area contributed by atoms with Gasteiger partial charge < -0.3 is 4.74 Å². The third-order valence-electron chi connectivity index (χ3n) is 12.0. The Hall–Kier alpha value is -8.42. The van der Waals surface area contributed by atoms with Crippen LogP contribution >= 0.6 is 0 Å². The number of fused-ring (bicyclic) bond motifs is 9. The highest BCUT2D eigenvalue weighted by atomic mass is 16.5. The highest BCUT2D eigenvalue weighted by Crippen LogP contribution is 2.62. The van der Waals surface area contributed by atoms with Crippen molar-refractivity contribution in [2.75, 3.05) is 0 Å². The molecule has 0 unspecified atom stereocenters. The monoisotopic (exact) mass is 794 g/mol. The van der Waals surface area contributed by atoms with Crippen molar-refractivity contribution in [1.82, 2.24) is 29.9 Å². The fourth-order valence-corrected chi connectivity index (χ4v) is 9.18.